The molecule has 15 heteroatoms. The van der Waals surface area contributed by atoms with Crippen molar-refractivity contribution in [2.24, 2.45) is 7.05 Å². The number of anilines is 3. The number of hydrogen-bond donors (Lipinski definition) is 2. The molecule has 12 nitrogen and oxygen atoms in total. The monoisotopic (exact) mass is 690 g/mol. The van der Waals surface area contributed by atoms with Gasteiger partial charge in [0.05, 0.1) is 22.6 Å². The number of rotatable bonds is 8. The first-order chi connectivity index (χ1) is 22.7. The summed E-state index contributed by atoms with van der Waals surface area (Å²) in [7, 11) is 0.886. The molecule has 6 rings (SSSR count). The summed E-state index contributed by atoms with van der Waals surface area (Å²) < 4.78 is 43.6. The van der Waals surface area contributed by atoms with Gasteiger partial charge in [0, 0.05) is 46.0 Å². The zero-order valence-electron chi connectivity index (χ0n) is 26.7. The van der Waals surface area contributed by atoms with E-state index >= 15 is 0 Å². The van der Waals surface area contributed by atoms with Crippen molar-refractivity contribution in [3.8, 4) is 0 Å². The fraction of sp³-hybridized carbons (Fsp3) is 0.242. The average molecular weight is 691 g/mol. The highest BCUT2D eigenvalue weighted by molar-refractivity contribution is 7.90. The van der Waals surface area contributed by atoms with E-state index in [9.17, 15) is 22.4 Å². The lowest BCUT2D eigenvalue weighted by Crippen LogP contribution is -2.32. The third-order valence-electron chi connectivity index (χ3n) is 8.14. The number of aromatic nitrogens is 4. The van der Waals surface area contributed by atoms with E-state index in [1.165, 1.54) is 41.0 Å². The van der Waals surface area contributed by atoms with Crippen molar-refractivity contribution in [3.05, 3.63) is 110 Å². The van der Waals surface area contributed by atoms with Crippen molar-refractivity contribution in [1.82, 2.24) is 24.2 Å². The first kappa shape index (κ1) is 32.8. The number of aryl methyl sites for hydroxylation is 1. The third kappa shape index (κ3) is 6.28. The van der Waals surface area contributed by atoms with Crippen LogP contribution in [0.5, 0.6) is 0 Å². The Bertz CT molecular complexity index is 2260. The first-order valence-electron chi connectivity index (χ1n) is 14.9. The molecule has 2 aromatic carbocycles. The zero-order chi connectivity index (χ0) is 34.5. The van der Waals surface area contributed by atoms with Gasteiger partial charge in [0.2, 0.25) is 5.95 Å². The molecule has 0 unspecified atom stereocenters. The van der Waals surface area contributed by atoms with E-state index in [1.807, 2.05) is 24.8 Å². The number of hydrogen-bond acceptors (Lipinski definition) is 10. The van der Waals surface area contributed by atoms with Gasteiger partial charge >= 0.3 is 0 Å². The molecule has 5 aromatic rings. The molecule has 0 bridgehead atoms. The molecule has 0 radical (unpaired) electrons. The van der Waals surface area contributed by atoms with Crippen molar-refractivity contribution < 1.29 is 17.6 Å². The van der Waals surface area contributed by atoms with Gasteiger partial charge in [-0.3, -0.25) is 14.2 Å². The molecule has 0 spiro atoms. The quantitative estimate of drug-likeness (QED) is 0.220. The van der Waals surface area contributed by atoms with Gasteiger partial charge in [-0.05, 0) is 73.0 Å². The maximum Gasteiger partial charge on any atom is 0.285 e. The largest absolute Gasteiger partial charge is 0.377 e. The summed E-state index contributed by atoms with van der Waals surface area (Å²) >= 11 is 6.15. The highest BCUT2D eigenvalue weighted by Crippen LogP contribution is 2.32. The second kappa shape index (κ2) is 12.5. The van der Waals surface area contributed by atoms with E-state index in [0.29, 0.717) is 41.3 Å². The van der Waals surface area contributed by atoms with Crippen LogP contribution in [0.4, 0.5) is 21.8 Å². The van der Waals surface area contributed by atoms with Crippen LogP contribution in [-0.4, -0.2) is 47.9 Å². The fourth-order valence-electron chi connectivity index (χ4n) is 5.72. The van der Waals surface area contributed by atoms with Gasteiger partial charge in [-0.15, -0.1) is 0 Å². The summed E-state index contributed by atoms with van der Waals surface area (Å²) in [6.07, 6.45) is 1.16. The highest BCUT2D eigenvalue weighted by Gasteiger charge is 2.27. The lowest BCUT2D eigenvalue weighted by atomic mass is 10.0. The van der Waals surface area contributed by atoms with Gasteiger partial charge in [0.15, 0.2) is 5.69 Å². The summed E-state index contributed by atoms with van der Waals surface area (Å²) in [6, 6.07) is 13.6. The molecule has 248 valence electrons. The lowest BCUT2D eigenvalue weighted by Gasteiger charge is -2.23. The summed E-state index contributed by atoms with van der Waals surface area (Å²) in [5.74, 6) is -0.363. The molecule has 1 amide bonds. The summed E-state index contributed by atoms with van der Waals surface area (Å²) in [5, 5.41) is 3.63. The molecule has 48 heavy (non-hydrogen) atoms. The highest BCUT2D eigenvalue weighted by atomic mass is 35.5. The number of nitrogens with one attached hydrogen (secondary N) is 2. The Morgan fingerprint density at radius 1 is 1.04 bits per heavy atom. The van der Waals surface area contributed by atoms with E-state index in [2.05, 4.69) is 20.0 Å². The van der Waals surface area contributed by atoms with Crippen molar-refractivity contribution in [3.63, 3.8) is 0 Å². The van der Waals surface area contributed by atoms with Gasteiger partial charge < -0.3 is 15.1 Å². The molecule has 1 aliphatic rings. The second-order valence-corrected chi connectivity index (χ2v) is 13.9. The van der Waals surface area contributed by atoms with Crippen LogP contribution in [0.2, 0.25) is 5.15 Å². The molecule has 3 aromatic heterocycles. The molecule has 0 saturated heterocycles. The lowest BCUT2D eigenvalue weighted by molar-refractivity contribution is 0.0977. The van der Waals surface area contributed by atoms with Crippen molar-refractivity contribution >= 4 is 55.9 Å². The number of carbonyl (C=O) groups is 1. The number of carbonyl (C=O) groups excluding carboxylic acids is 1. The number of halogens is 2. The van der Waals surface area contributed by atoms with E-state index in [1.54, 1.807) is 38.2 Å². The Hall–Kier alpha value is -5.08. The number of sulfonamides is 1. The molecule has 2 N–H and O–H groups in total. The molecular weight excluding hydrogens is 659 g/mol. The van der Waals surface area contributed by atoms with Crippen LogP contribution in [-0.2, 0) is 30.2 Å². The molecule has 0 aliphatic carbocycles. The maximum atomic E-state index is 13.9. The van der Waals surface area contributed by atoms with Crippen LogP contribution < -0.4 is 25.4 Å². The van der Waals surface area contributed by atoms with Crippen LogP contribution >= 0.6 is 11.6 Å². The minimum atomic E-state index is -4.30. The Morgan fingerprint density at radius 2 is 1.79 bits per heavy atom. The molecule has 0 fully saturated rings. The summed E-state index contributed by atoms with van der Waals surface area (Å²) in [5.41, 5.74) is 3.41. The molecular formula is C33H32ClFN8O4S. The number of pyridine rings is 2. The van der Waals surface area contributed by atoms with Gasteiger partial charge in [-0.25, -0.2) is 32.5 Å². The second-order valence-electron chi connectivity index (χ2n) is 11.9. The van der Waals surface area contributed by atoms with Crippen LogP contribution in [0, 0.1) is 12.7 Å². The van der Waals surface area contributed by atoms with E-state index in [-0.39, 0.29) is 32.8 Å². The van der Waals surface area contributed by atoms with Gasteiger partial charge in [-0.2, -0.15) is 0 Å². The van der Waals surface area contributed by atoms with Crippen molar-refractivity contribution in [1.29, 1.82) is 0 Å². The zero-order valence-corrected chi connectivity index (χ0v) is 28.3. The van der Waals surface area contributed by atoms with E-state index in [4.69, 9.17) is 16.6 Å². The van der Waals surface area contributed by atoms with Gasteiger partial charge in [0.1, 0.15) is 21.7 Å². The molecule has 1 aliphatic heterocycles. The Balaban J connectivity index is 1.33. The predicted molar refractivity (Wildman–Crippen MR) is 183 cm³/mol. The summed E-state index contributed by atoms with van der Waals surface area (Å²) in [4.78, 5) is 43.7. The standard InChI is InChI=1S/C33H32ClFN8O4S/c1-18-12-24(29-25(13-18)32(45)42(5)33(39-29)43-16-20-6-7-22(35)14-21(20)17-43)19(2)37-26-9-10-27(34)38-30(26)31(44)40-48(46,47)23-8-11-28(36-15-23)41(3)4/h6-15,19,37H,16-17H2,1-5H3,(H,40,44)/t19-/m1/s1. The summed E-state index contributed by atoms with van der Waals surface area (Å²) in [6.45, 7) is 4.54. The average Bonchev–Trinajstić information content (AvgIpc) is 3.46. The first-order valence-corrected chi connectivity index (χ1v) is 16.7. The smallest absolute Gasteiger partial charge is 0.285 e. The third-order valence-corrected chi connectivity index (χ3v) is 9.66. The van der Waals surface area contributed by atoms with Gasteiger partial charge in [-0.1, -0.05) is 23.7 Å². The molecule has 1 atom stereocenters. The van der Waals surface area contributed by atoms with E-state index in [0.717, 1.165) is 22.9 Å². The van der Waals surface area contributed by atoms with Crippen LogP contribution in [0.1, 0.15) is 45.7 Å². The normalized spacial score (nSPS) is 13.4. The number of benzene rings is 2. The minimum absolute atomic E-state index is 0.0185. The predicted octanol–water partition coefficient (Wildman–Crippen LogP) is 4.70. The maximum absolute atomic E-state index is 13.9. The minimum Gasteiger partial charge on any atom is -0.377 e. The van der Waals surface area contributed by atoms with E-state index < -0.39 is 22.0 Å². The van der Waals surface area contributed by atoms with Crippen molar-refractivity contribution in [2.45, 2.75) is 37.9 Å². The Labute approximate surface area is 281 Å². The van der Waals surface area contributed by atoms with Crippen molar-refractivity contribution in [2.75, 3.05) is 29.2 Å². The van der Waals surface area contributed by atoms with Crippen LogP contribution in [0.3, 0.4) is 0 Å². The number of fused-ring (bicyclic) bond motifs is 2. The fourth-order valence-corrected chi connectivity index (χ4v) is 6.76. The Kier molecular flexibility index (Phi) is 8.56. The van der Waals surface area contributed by atoms with Crippen LogP contribution in [0.25, 0.3) is 10.9 Å². The molecule has 0 saturated carbocycles. The van der Waals surface area contributed by atoms with Gasteiger partial charge in [0.25, 0.3) is 21.5 Å². The number of nitrogens with zero attached hydrogens (tertiary/aromatic N) is 6. The Morgan fingerprint density at radius 3 is 2.50 bits per heavy atom. The number of amides is 1. The van der Waals surface area contributed by atoms with Crippen LogP contribution in [0.15, 0.2) is 70.5 Å². The topological polar surface area (TPSA) is 142 Å². The molecule has 4 heterocycles. The SMILES string of the molecule is Cc1cc([C@@H](C)Nc2ccc(Cl)nc2C(=O)NS(=O)(=O)c2ccc(N(C)C)nc2)c2nc(N3Cc4ccc(F)cc4C3)n(C)c(=O)c2c1.